The zero-order valence-corrected chi connectivity index (χ0v) is 10.0. The third kappa shape index (κ3) is 2.03. The van der Waals surface area contributed by atoms with E-state index in [4.69, 9.17) is 5.14 Å². The van der Waals surface area contributed by atoms with E-state index in [9.17, 15) is 18.0 Å². The maximum atomic E-state index is 11.8. The molecule has 2 aliphatic rings. The van der Waals surface area contributed by atoms with Crippen LogP contribution in [0.25, 0.3) is 0 Å². The Kier molecular flexibility index (Phi) is 2.67. The number of rotatable bonds is 1. The zero-order chi connectivity index (χ0) is 12.8. The summed E-state index contributed by atoms with van der Waals surface area (Å²) in [7, 11) is -2.33. The second-order valence-corrected chi connectivity index (χ2v) is 5.89. The molecule has 17 heavy (non-hydrogen) atoms. The van der Waals surface area contributed by atoms with Crippen LogP contribution in [0.5, 0.6) is 0 Å². The molecule has 1 unspecified atom stereocenters. The van der Waals surface area contributed by atoms with Crippen molar-refractivity contribution in [2.24, 2.45) is 5.14 Å². The number of carbonyl (C=O) groups excluding carboxylic acids is 2. The van der Waals surface area contributed by atoms with Crippen LogP contribution in [0, 0.1) is 0 Å². The van der Waals surface area contributed by atoms with Gasteiger partial charge in [0, 0.05) is 12.6 Å². The number of fused-ring (bicyclic) bond motifs is 1. The predicted molar refractivity (Wildman–Crippen MR) is 60.1 cm³/mol. The number of hydrogen-bond donors (Lipinski definition) is 1. The Morgan fingerprint density at radius 1 is 1.41 bits per heavy atom. The van der Waals surface area contributed by atoms with Crippen molar-refractivity contribution < 1.29 is 18.0 Å². The van der Waals surface area contributed by atoms with Gasteiger partial charge >= 0.3 is 0 Å². The molecule has 0 bridgehead atoms. The van der Waals surface area contributed by atoms with Crippen LogP contribution in [-0.2, 0) is 19.6 Å². The maximum absolute atomic E-state index is 11.8. The molecule has 1 aliphatic carbocycles. The van der Waals surface area contributed by atoms with E-state index < -0.39 is 21.2 Å². The third-order valence-corrected chi connectivity index (χ3v) is 4.14. The van der Waals surface area contributed by atoms with E-state index in [1.165, 1.54) is 13.1 Å². The summed E-state index contributed by atoms with van der Waals surface area (Å²) in [4.78, 5) is 24.2. The van der Waals surface area contributed by atoms with Gasteiger partial charge in [0.1, 0.15) is 0 Å². The van der Waals surface area contributed by atoms with E-state index >= 15 is 0 Å². The summed E-state index contributed by atoms with van der Waals surface area (Å²) < 4.78 is 22.5. The Hall–Kier alpha value is -1.47. The minimum absolute atomic E-state index is 0.130. The molecule has 0 aromatic carbocycles. The number of nitrogens with two attached hydrogens (primary N) is 1. The highest BCUT2D eigenvalue weighted by Crippen LogP contribution is 2.29. The number of hydrogen-bond acceptors (Lipinski definition) is 4. The molecule has 2 N–H and O–H groups in total. The quantitative estimate of drug-likeness (QED) is 0.626. The van der Waals surface area contributed by atoms with Gasteiger partial charge in [-0.25, -0.2) is 13.6 Å². The molecule has 1 aliphatic heterocycles. The van der Waals surface area contributed by atoms with Gasteiger partial charge in [-0.2, -0.15) is 0 Å². The lowest BCUT2D eigenvalue weighted by atomic mass is 9.90. The highest BCUT2D eigenvalue weighted by molar-refractivity contribution is 7.89. The van der Waals surface area contributed by atoms with Gasteiger partial charge in [0.05, 0.1) is 11.7 Å². The molecular formula is C10H12N2O4S. The average molecular weight is 256 g/mol. The number of likely N-dealkylation sites (N-methyl/N-ethyl adjacent to an activating group) is 1. The van der Waals surface area contributed by atoms with Crippen molar-refractivity contribution in [1.82, 2.24) is 4.90 Å². The average Bonchev–Trinajstić information content (AvgIpc) is 2.24. The number of sulfonamides is 1. The number of allylic oxidation sites excluding steroid dienone is 1. The van der Waals surface area contributed by atoms with Crippen molar-refractivity contribution >= 4 is 21.8 Å². The summed E-state index contributed by atoms with van der Waals surface area (Å²) in [6.45, 7) is 0. The number of piperidine rings is 1. The summed E-state index contributed by atoms with van der Waals surface area (Å²) in [6.07, 6.45) is 3.29. The lowest BCUT2D eigenvalue weighted by Crippen LogP contribution is -2.41. The topological polar surface area (TPSA) is 97.5 Å². The van der Waals surface area contributed by atoms with Crippen molar-refractivity contribution in [3.8, 4) is 0 Å². The van der Waals surface area contributed by atoms with Crippen LogP contribution in [0.15, 0.2) is 23.3 Å². The van der Waals surface area contributed by atoms with Crippen LogP contribution < -0.4 is 5.14 Å². The Morgan fingerprint density at radius 2 is 2.06 bits per heavy atom. The predicted octanol–water partition coefficient (Wildman–Crippen LogP) is -0.711. The van der Waals surface area contributed by atoms with Gasteiger partial charge in [-0.05, 0) is 12.0 Å². The number of likely N-dealkylation sites (tertiary alicyclic amines) is 1. The SMILES string of the molecule is CN1C(=O)CC2=CCC(S(N)(=O)=O)C=C2C1=O. The van der Waals surface area contributed by atoms with E-state index in [-0.39, 0.29) is 24.3 Å². The van der Waals surface area contributed by atoms with E-state index in [1.807, 2.05) is 0 Å². The van der Waals surface area contributed by atoms with Gasteiger partial charge in [0.2, 0.25) is 15.9 Å². The lowest BCUT2D eigenvalue weighted by Gasteiger charge is -2.28. The second-order valence-electron chi connectivity index (χ2n) is 4.11. The van der Waals surface area contributed by atoms with E-state index in [2.05, 4.69) is 0 Å². The van der Waals surface area contributed by atoms with Crippen molar-refractivity contribution in [3.05, 3.63) is 23.3 Å². The van der Waals surface area contributed by atoms with Crippen molar-refractivity contribution in [2.75, 3.05) is 7.05 Å². The van der Waals surface area contributed by atoms with Crippen molar-refractivity contribution in [2.45, 2.75) is 18.1 Å². The molecule has 92 valence electrons. The van der Waals surface area contributed by atoms with Crippen molar-refractivity contribution in [1.29, 1.82) is 0 Å². The fraction of sp³-hybridized carbons (Fsp3) is 0.400. The molecule has 1 heterocycles. The second kappa shape index (κ2) is 3.78. The molecule has 0 aromatic heterocycles. The molecule has 0 radical (unpaired) electrons. The summed E-state index contributed by atoms with van der Waals surface area (Å²) >= 11 is 0. The Labute approximate surface area is 98.8 Å². The highest BCUT2D eigenvalue weighted by Gasteiger charge is 2.34. The number of primary sulfonamides is 1. The molecule has 0 spiro atoms. The Bertz CT molecular complexity index is 559. The van der Waals surface area contributed by atoms with Crippen LogP contribution in [0.4, 0.5) is 0 Å². The first-order valence-electron chi connectivity index (χ1n) is 5.04. The van der Waals surface area contributed by atoms with Crippen LogP contribution in [0.2, 0.25) is 0 Å². The third-order valence-electron chi connectivity index (χ3n) is 2.97. The number of carbonyl (C=O) groups is 2. The van der Waals surface area contributed by atoms with Gasteiger partial charge < -0.3 is 0 Å². The molecule has 0 saturated carbocycles. The number of imide groups is 1. The first kappa shape index (κ1) is 12.0. The van der Waals surface area contributed by atoms with Crippen molar-refractivity contribution in [3.63, 3.8) is 0 Å². The lowest BCUT2D eigenvalue weighted by molar-refractivity contribution is -0.141. The summed E-state index contributed by atoms with van der Waals surface area (Å²) in [5.41, 5.74) is 0.871. The van der Waals surface area contributed by atoms with Gasteiger partial charge in [-0.15, -0.1) is 0 Å². The van der Waals surface area contributed by atoms with Crippen LogP contribution in [-0.4, -0.2) is 37.4 Å². The maximum Gasteiger partial charge on any atom is 0.260 e. The standard InChI is InChI=1S/C10H12N2O4S/c1-12-9(13)4-6-2-3-7(17(11,15)16)5-8(6)10(12)14/h2,5,7H,3-4H2,1H3,(H2,11,15,16). The molecule has 6 nitrogen and oxygen atoms in total. The fourth-order valence-electron chi connectivity index (χ4n) is 1.91. The molecule has 1 saturated heterocycles. The van der Waals surface area contributed by atoms with E-state index in [1.54, 1.807) is 6.08 Å². The number of nitrogens with zero attached hydrogens (tertiary/aromatic N) is 1. The van der Waals surface area contributed by atoms with Crippen LogP contribution >= 0.6 is 0 Å². The van der Waals surface area contributed by atoms with Gasteiger partial charge in [-0.3, -0.25) is 14.5 Å². The highest BCUT2D eigenvalue weighted by atomic mass is 32.2. The summed E-state index contributed by atoms with van der Waals surface area (Å²) in [5.74, 6) is -0.756. The van der Waals surface area contributed by atoms with E-state index in [0.29, 0.717) is 5.57 Å². The Morgan fingerprint density at radius 3 is 2.65 bits per heavy atom. The van der Waals surface area contributed by atoms with Gasteiger partial charge in [0.25, 0.3) is 5.91 Å². The normalized spacial score (nSPS) is 25.3. The molecular weight excluding hydrogens is 244 g/mol. The number of amides is 2. The van der Waals surface area contributed by atoms with Gasteiger partial charge in [-0.1, -0.05) is 12.2 Å². The first-order chi connectivity index (χ1) is 7.80. The molecule has 2 amide bonds. The molecule has 1 fully saturated rings. The Balaban J connectivity index is 2.41. The summed E-state index contributed by atoms with van der Waals surface area (Å²) in [6, 6.07) is 0. The minimum atomic E-state index is -3.71. The van der Waals surface area contributed by atoms with Crippen LogP contribution in [0.1, 0.15) is 12.8 Å². The molecule has 7 heteroatoms. The fourth-order valence-corrected chi connectivity index (χ4v) is 2.60. The first-order valence-corrected chi connectivity index (χ1v) is 6.65. The molecule has 1 atom stereocenters. The minimum Gasteiger partial charge on any atom is -0.281 e. The summed E-state index contributed by atoms with van der Waals surface area (Å²) in [5, 5.41) is 4.16. The monoisotopic (exact) mass is 256 g/mol. The van der Waals surface area contributed by atoms with Crippen LogP contribution in [0.3, 0.4) is 0 Å². The zero-order valence-electron chi connectivity index (χ0n) is 9.21. The van der Waals surface area contributed by atoms with Gasteiger partial charge in [0.15, 0.2) is 0 Å². The smallest absolute Gasteiger partial charge is 0.260 e. The molecule has 2 rings (SSSR count). The molecule has 0 aromatic rings. The van der Waals surface area contributed by atoms with E-state index in [0.717, 1.165) is 4.90 Å². The largest absolute Gasteiger partial charge is 0.281 e.